The second-order valence-electron chi connectivity index (χ2n) is 6.33. The van der Waals surface area contributed by atoms with Gasteiger partial charge in [-0.3, -0.25) is 4.79 Å². The number of rotatable bonds is 6. The van der Waals surface area contributed by atoms with Gasteiger partial charge in [0.25, 0.3) is 10.0 Å². The molecule has 5 nitrogen and oxygen atoms in total. The third-order valence-corrected chi connectivity index (χ3v) is 5.91. The number of hydrogen-bond acceptors (Lipinski definition) is 4. The van der Waals surface area contributed by atoms with Gasteiger partial charge in [0.15, 0.2) is 0 Å². The Kier molecular flexibility index (Phi) is 5.84. The Morgan fingerprint density at radius 2 is 1.65 bits per heavy atom. The summed E-state index contributed by atoms with van der Waals surface area (Å²) in [4.78, 5) is 12.1. The summed E-state index contributed by atoms with van der Waals surface area (Å²) < 4.78 is 32.6. The minimum absolute atomic E-state index is 0.0285. The zero-order chi connectivity index (χ0) is 18.6. The van der Waals surface area contributed by atoms with Crippen LogP contribution in [-0.2, 0) is 21.2 Å². The molecule has 0 aromatic heterocycles. The van der Waals surface area contributed by atoms with Gasteiger partial charge in [-0.1, -0.05) is 23.7 Å². The summed E-state index contributed by atoms with van der Waals surface area (Å²) in [7, 11) is -3.91. The van der Waals surface area contributed by atoms with E-state index < -0.39 is 15.9 Å². The van der Waals surface area contributed by atoms with E-state index in [9.17, 15) is 13.2 Å². The molecule has 0 unspecified atom stereocenters. The zero-order valence-electron chi connectivity index (χ0n) is 14.2. The molecule has 1 saturated carbocycles. The maximum absolute atomic E-state index is 12.3. The number of sulfonamides is 1. The molecule has 1 aliphatic carbocycles. The second-order valence-corrected chi connectivity index (χ2v) is 8.45. The van der Waals surface area contributed by atoms with Crippen molar-refractivity contribution >= 4 is 27.5 Å². The highest BCUT2D eigenvalue weighted by atomic mass is 35.5. The van der Waals surface area contributed by atoms with E-state index in [1.54, 1.807) is 36.4 Å². The molecule has 0 saturated heterocycles. The van der Waals surface area contributed by atoms with Crippen LogP contribution >= 0.6 is 11.6 Å². The number of nitrogens with one attached hydrogen (secondary N) is 1. The fourth-order valence-electron chi connectivity index (χ4n) is 2.93. The minimum atomic E-state index is -3.91. The van der Waals surface area contributed by atoms with Crippen LogP contribution in [0, 0.1) is 0 Å². The van der Waals surface area contributed by atoms with Crippen molar-refractivity contribution < 1.29 is 17.9 Å². The third kappa shape index (κ3) is 4.99. The highest BCUT2D eigenvalue weighted by molar-refractivity contribution is 7.90. The highest BCUT2D eigenvalue weighted by Crippen LogP contribution is 2.25. The molecule has 0 heterocycles. The molecule has 0 bridgehead atoms. The van der Waals surface area contributed by atoms with E-state index in [4.69, 9.17) is 16.3 Å². The quantitative estimate of drug-likeness (QED) is 0.812. The molecule has 0 radical (unpaired) electrons. The van der Waals surface area contributed by atoms with Crippen LogP contribution < -0.4 is 9.46 Å². The zero-order valence-corrected chi connectivity index (χ0v) is 15.7. The van der Waals surface area contributed by atoms with Gasteiger partial charge < -0.3 is 4.74 Å². The molecule has 2 aromatic rings. The summed E-state index contributed by atoms with van der Waals surface area (Å²) in [6.45, 7) is 0. The van der Waals surface area contributed by atoms with E-state index in [1.807, 2.05) is 0 Å². The summed E-state index contributed by atoms with van der Waals surface area (Å²) in [5.41, 5.74) is 0.683. The second kappa shape index (κ2) is 8.10. The van der Waals surface area contributed by atoms with Gasteiger partial charge in [-0.05, 0) is 67.6 Å². The minimum Gasteiger partial charge on any atom is -0.490 e. The summed E-state index contributed by atoms with van der Waals surface area (Å²) in [5.74, 6) is 0.0435. The van der Waals surface area contributed by atoms with Crippen LogP contribution in [0.25, 0.3) is 0 Å². The standard InChI is InChI=1S/C19H20ClNO4S/c20-15-7-5-14(6-8-15)13-19(22)21-26(23,24)18-11-9-17(10-12-18)25-16-3-1-2-4-16/h5-12,16H,1-4,13H2,(H,21,22). The van der Waals surface area contributed by atoms with E-state index in [2.05, 4.69) is 4.72 Å². The van der Waals surface area contributed by atoms with Crippen molar-refractivity contribution in [3.05, 3.63) is 59.1 Å². The van der Waals surface area contributed by atoms with E-state index >= 15 is 0 Å². The Labute approximate surface area is 158 Å². The number of halogens is 1. The third-order valence-electron chi connectivity index (χ3n) is 4.27. The molecule has 1 amide bonds. The SMILES string of the molecule is O=C(Cc1ccc(Cl)cc1)NS(=O)(=O)c1ccc(OC2CCCC2)cc1. The number of hydrogen-bond donors (Lipinski definition) is 1. The van der Waals surface area contributed by atoms with E-state index in [0.29, 0.717) is 16.3 Å². The smallest absolute Gasteiger partial charge is 0.264 e. The van der Waals surface area contributed by atoms with Crippen LogP contribution in [0.2, 0.25) is 5.02 Å². The number of ether oxygens (including phenoxy) is 1. The molecule has 3 rings (SSSR count). The van der Waals surface area contributed by atoms with E-state index in [-0.39, 0.29) is 17.4 Å². The Hall–Kier alpha value is -2.05. The fraction of sp³-hybridized carbons (Fsp3) is 0.316. The first-order valence-electron chi connectivity index (χ1n) is 8.49. The van der Waals surface area contributed by atoms with Crippen LogP contribution in [-0.4, -0.2) is 20.4 Å². The van der Waals surface area contributed by atoms with Gasteiger partial charge in [-0.2, -0.15) is 0 Å². The molecule has 26 heavy (non-hydrogen) atoms. The molecule has 7 heteroatoms. The van der Waals surface area contributed by atoms with E-state index in [0.717, 1.165) is 25.7 Å². The fourth-order valence-corrected chi connectivity index (χ4v) is 4.04. The first-order valence-corrected chi connectivity index (χ1v) is 10.4. The largest absolute Gasteiger partial charge is 0.490 e. The van der Waals surface area contributed by atoms with Crippen molar-refractivity contribution in [2.45, 2.75) is 43.1 Å². The molecular weight excluding hydrogens is 374 g/mol. The summed E-state index contributed by atoms with van der Waals surface area (Å²) >= 11 is 5.79. The van der Waals surface area contributed by atoms with Crippen LogP contribution in [0.1, 0.15) is 31.2 Å². The van der Waals surface area contributed by atoms with Crippen LogP contribution in [0.3, 0.4) is 0 Å². The first kappa shape index (κ1) is 18.7. The summed E-state index contributed by atoms with van der Waals surface area (Å²) in [5, 5.41) is 0.557. The van der Waals surface area contributed by atoms with Crippen LogP contribution in [0.5, 0.6) is 5.75 Å². The number of benzene rings is 2. The highest BCUT2D eigenvalue weighted by Gasteiger charge is 2.19. The Bertz CT molecular complexity index is 857. The average Bonchev–Trinajstić information content (AvgIpc) is 3.10. The lowest BCUT2D eigenvalue weighted by Crippen LogP contribution is -2.31. The molecule has 138 valence electrons. The van der Waals surface area contributed by atoms with Crippen LogP contribution in [0.15, 0.2) is 53.4 Å². The van der Waals surface area contributed by atoms with Crippen molar-refractivity contribution in [3.8, 4) is 5.75 Å². The molecule has 1 N–H and O–H groups in total. The van der Waals surface area contributed by atoms with Gasteiger partial charge in [0.1, 0.15) is 5.75 Å². The van der Waals surface area contributed by atoms with Crippen molar-refractivity contribution in [1.29, 1.82) is 0 Å². The molecule has 2 aromatic carbocycles. The van der Waals surface area contributed by atoms with Gasteiger partial charge in [0.2, 0.25) is 5.91 Å². The number of carbonyl (C=O) groups excluding carboxylic acids is 1. The Morgan fingerprint density at radius 1 is 1.04 bits per heavy atom. The Morgan fingerprint density at radius 3 is 2.27 bits per heavy atom. The lowest BCUT2D eigenvalue weighted by Gasteiger charge is -2.13. The molecular formula is C19H20ClNO4S. The van der Waals surface area contributed by atoms with Gasteiger partial charge in [-0.15, -0.1) is 0 Å². The first-order chi connectivity index (χ1) is 12.4. The normalized spacial score (nSPS) is 15.0. The molecule has 0 spiro atoms. The summed E-state index contributed by atoms with van der Waals surface area (Å²) in [6.07, 6.45) is 4.55. The van der Waals surface area contributed by atoms with Crippen molar-refractivity contribution in [2.24, 2.45) is 0 Å². The van der Waals surface area contributed by atoms with Gasteiger partial charge in [0, 0.05) is 5.02 Å². The van der Waals surface area contributed by atoms with Gasteiger partial charge >= 0.3 is 0 Å². The molecule has 1 fully saturated rings. The maximum atomic E-state index is 12.3. The number of carbonyl (C=O) groups is 1. The number of amides is 1. The molecule has 0 atom stereocenters. The predicted molar refractivity (Wildman–Crippen MR) is 99.8 cm³/mol. The average molecular weight is 394 g/mol. The maximum Gasteiger partial charge on any atom is 0.264 e. The van der Waals surface area contributed by atoms with Crippen molar-refractivity contribution in [3.63, 3.8) is 0 Å². The molecule has 0 aliphatic heterocycles. The predicted octanol–water partition coefficient (Wildman–Crippen LogP) is 3.71. The van der Waals surface area contributed by atoms with E-state index in [1.165, 1.54) is 12.1 Å². The van der Waals surface area contributed by atoms with Crippen molar-refractivity contribution in [2.75, 3.05) is 0 Å². The monoisotopic (exact) mass is 393 g/mol. The van der Waals surface area contributed by atoms with Gasteiger partial charge in [0.05, 0.1) is 17.4 Å². The van der Waals surface area contributed by atoms with Gasteiger partial charge in [-0.25, -0.2) is 13.1 Å². The molecule has 1 aliphatic rings. The van der Waals surface area contributed by atoms with Crippen molar-refractivity contribution in [1.82, 2.24) is 4.72 Å². The Balaban J connectivity index is 1.61. The lowest BCUT2D eigenvalue weighted by atomic mass is 10.1. The summed E-state index contributed by atoms with van der Waals surface area (Å²) in [6, 6.07) is 12.8. The lowest BCUT2D eigenvalue weighted by molar-refractivity contribution is -0.118. The van der Waals surface area contributed by atoms with Crippen LogP contribution in [0.4, 0.5) is 0 Å². The topological polar surface area (TPSA) is 72.5 Å².